The second-order valence-corrected chi connectivity index (χ2v) is 5.58. The number of carbonyl (C=O) groups excluding carboxylic acids is 1. The van der Waals surface area contributed by atoms with Gasteiger partial charge >= 0.3 is 0 Å². The Balaban J connectivity index is 1.74. The molecule has 1 aromatic heterocycles. The Kier molecular flexibility index (Phi) is 4.90. The molecule has 0 aliphatic carbocycles. The summed E-state index contributed by atoms with van der Waals surface area (Å²) < 4.78 is 26.1. The average molecular weight is 360 g/mol. The van der Waals surface area contributed by atoms with Gasteiger partial charge in [-0.05, 0) is 48.5 Å². The number of rotatable bonds is 4. The fraction of sp³-hybridized carbons (Fsp3) is 0. The minimum absolute atomic E-state index is 0.0809. The highest BCUT2D eigenvalue weighted by atomic mass is 35.5. The zero-order valence-corrected chi connectivity index (χ0v) is 13.5. The van der Waals surface area contributed by atoms with Crippen molar-refractivity contribution in [2.75, 3.05) is 10.6 Å². The molecule has 0 spiro atoms. The highest BCUT2D eigenvalue weighted by molar-refractivity contribution is 6.31. The van der Waals surface area contributed by atoms with Gasteiger partial charge in [0.15, 0.2) is 0 Å². The molecule has 0 saturated heterocycles. The molecule has 25 heavy (non-hydrogen) atoms. The Morgan fingerprint density at radius 2 is 1.64 bits per heavy atom. The molecule has 0 saturated carbocycles. The van der Waals surface area contributed by atoms with Gasteiger partial charge < -0.3 is 10.6 Å². The second kappa shape index (κ2) is 7.27. The van der Waals surface area contributed by atoms with Gasteiger partial charge in [0, 0.05) is 17.6 Å². The molecule has 2 aromatic carbocycles. The molecule has 2 N–H and O–H groups in total. The van der Waals surface area contributed by atoms with Gasteiger partial charge in [-0.3, -0.25) is 9.78 Å². The summed E-state index contributed by atoms with van der Waals surface area (Å²) >= 11 is 5.69. The smallest absolute Gasteiger partial charge is 0.257 e. The molecule has 3 aromatic rings. The highest BCUT2D eigenvalue weighted by Crippen LogP contribution is 2.21. The van der Waals surface area contributed by atoms with Crippen LogP contribution in [0, 0.1) is 11.6 Å². The number of pyridine rings is 1. The Labute approximate surface area is 147 Å². The van der Waals surface area contributed by atoms with Crippen LogP contribution in [0.15, 0.2) is 60.9 Å². The minimum atomic E-state index is -0.563. The molecule has 7 heteroatoms. The van der Waals surface area contributed by atoms with E-state index in [0.717, 1.165) is 0 Å². The molecule has 0 bridgehead atoms. The van der Waals surface area contributed by atoms with Crippen molar-refractivity contribution in [1.29, 1.82) is 0 Å². The van der Waals surface area contributed by atoms with E-state index in [9.17, 15) is 13.6 Å². The van der Waals surface area contributed by atoms with Gasteiger partial charge in [-0.1, -0.05) is 11.6 Å². The number of nitrogens with zero attached hydrogens (tertiary/aromatic N) is 1. The van der Waals surface area contributed by atoms with Crippen LogP contribution in [0.4, 0.5) is 25.8 Å². The van der Waals surface area contributed by atoms with Gasteiger partial charge in [0.05, 0.1) is 22.5 Å². The summed E-state index contributed by atoms with van der Waals surface area (Å²) in [5.41, 5.74) is 1.89. The van der Waals surface area contributed by atoms with Crippen LogP contribution in [-0.4, -0.2) is 10.9 Å². The monoisotopic (exact) mass is 359 g/mol. The molecule has 126 valence electrons. The van der Waals surface area contributed by atoms with Gasteiger partial charge in [0.25, 0.3) is 5.91 Å². The van der Waals surface area contributed by atoms with Crippen molar-refractivity contribution in [1.82, 2.24) is 4.98 Å². The molecule has 3 rings (SSSR count). The molecule has 0 atom stereocenters. The topological polar surface area (TPSA) is 54.0 Å². The largest absolute Gasteiger partial charge is 0.354 e. The average Bonchev–Trinajstić information content (AvgIpc) is 2.60. The summed E-state index contributed by atoms with van der Waals surface area (Å²) in [6.07, 6.45) is 2.94. The third-order valence-corrected chi connectivity index (χ3v) is 3.60. The standard InChI is InChI=1S/C18H12ClF2N3O/c19-16-8-14(5-6-17(16)21)24-18(25)11-7-15(10-22-9-11)23-13-3-1-12(20)2-4-13/h1-10,23H,(H,24,25). The molecule has 4 nitrogen and oxygen atoms in total. The highest BCUT2D eigenvalue weighted by Gasteiger charge is 2.09. The number of anilines is 3. The molecule has 0 aliphatic rings. The number of benzene rings is 2. The second-order valence-electron chi connectivity index (χ2n) is 5.18. The van der Waals surface area contributed by atoms with Crippen molar-refractivity contribution >= 4 is 34.6 Å². The summed E-state index contributed by atoms with van der Waals surface area (Å²) in [5.74, 6) is -1.32. The van der Waals surface area contributed by atoms with Crippen molar-refractivity contribution in [3.63, 3.8) is 0 Å². The Morgan fingerprint density at radius 3 is 2.36 bits per heavy atom. The van der Waals surface area contributed by atoms with Crippen LogP contribution in [0.3, 0.4) is 0 Å². The lowest BCUT2D eigenvalue weighted by Crippen LogP contribution is -2.12. The van der Waals surface area contributed by atoms with Crippen LogP contribution in [0.25, 0.3) is 0 Å². The van der Waals surface area contributed by atoms with Crippen molar-refractivity contribution in [3.05, 3.63) is 83.1 Å². The van der Waals surface area contributed by atoms with Gasteiger partial charge in [0.2, 0.25) is 0 Å². The van der Waals surface area contributed by atoms with E-state index in [0.29, 0.717) is 22.6 Å². The lowest BCUT2D eigenvalue weighted by Gasteiger charge is -2.09. The lowest BCUT2D eigenvalue weighted by atomic mass is 10.2. The molecular weight excluding hydrogens is 348 g/mol. The molecule has 0 radical (unpaired) electrons. The van der Waals surface area contributed by atoms with E-state index in [4.69, 9.17) is 11.6 Å². The van der Waals surface area contributed by atoms with Crippen molar-refractivity contribution in [3.8, 4) is 0 Å². The summed E-state index contributed by atoms with van der Waals surface area (Å²) in [5, 5.41) is 5.56. The van der Waals surface area contributed by atoms with Crippen LogP contribution >= 0.6 is 11.6 Å². The molecule has 0 fully saturated rings. The fourth-order valence-electron chi connectivity index (χ4n) is 2.11. The molecular formula is C18H12ClF2N3O. The molecule has 0 aliphatic heterocycles. The van der Waals surface area contributed by atoms with Crippen molar-refractivity contribution < 1.29 is 13.6 Å². The van der Waals surface area contributed by atoms with E-state index < -0.39 is 11.7 Å². The van der Waals surface area contributed by atoms with Crippen molar-refractivity contribution in [2.24, 2.45) is 0 Å². The number of nitrogens with one attached hydrogen (secondary N) is 2. The van der Waals surface area contributed by atoms with Gasteiger partial charge in [-0.25, -0.2) is 8.78 Å². The first kappa shape index (κ1) is 16.9. The molecule has 1 heterocycles. The van der Waals surface area contributed by atoms with E-state index in [1.165, 1.54) is 42.7 Å². The number of hydrogen-bond acceptors (Lipinski definition) is 3. The number of halogens is 3. The lowest BCUT2D eigenvalue weighted by molar-refractivity contribution is 0.102. The summed E-state index contributed by atoms with van der Waals surface area (Å²) in [4.78, 5) is 16.3. The Hall–Kier alpha value is -2.99. The first-order chi connectivity index (χ1) is 12.0. The van der Waals surface area contributed by atoms with E-state index >= 15 is 0 Å². The van der Waals surface area contributed by atoms with Crippen LogP contribution in [-0.2, 0) is 0 Å². The maximum Gasteiger partial charge on any atom is 0.257 e. The van der Waals surface area contributed by atoms with Gasteiger partial charge in [-0.15, -0.1) is 0 Å². The number of amides is 1. The maximum atomic E-state index is 13.2. The van der Waals surface area contributed by atoms with Gasteiger partial charge in [-0.2, -0.15) is 0 Å². The van der Waals surface area contributed by atoms with Crippen molar-refractivity contribution in [2.45, 2.75) is 0 Å². The normalized spacial score (nSPS) is 10.4. The number of carbonyl (C=O) groups is 1. The third-order valence-electron chi connectivity index (χ3n) is 3.31. The van der Waals surface area contributed by atoms with E-state index in [1.54, 1.807) is 18.2 Å². The zero-order valence-electron chi connectivity index (χ0n) is 12.8. The van der Waals surface area contributed by atoms with Crippen LogP contribution in [0.5, 0.6) is 0 Å². The summed E-state index contributed by atoms with van der Waals surface area (Å²) in [7, 11) is 0. The molecule has 1 amide bonds. The van der Waals surface area contributed by atoms with Crippen LogP contribution in [0.1, 0.15) is 10.4 Å². The predicted molar refractivity (Wildman–Crippen MR) is 93.3 cm³/mol. The first-order valence-corrected chi connectivity index (χ1v) is 7.63. The SMILES string of the molecule is O=C(Nc1ccc(F)c(Cl)c1)c1cncc(Nc2ccc(F)cc2)c1. The Morgan fingerprint density at radius 1 is 0.920 bits per heavy atom. The van der Waals surface area contributed by atoms with Gasteiger partial charge in [0.1, 0.15) is 11.6 Å². The zero-order chi connectivity index (χ0) is 17.8. The quantitative estimate of drug-likeness (QED) is 0.688. The third kappa shape index (κ3) is 4.30. The van der Waals surface area contributed by atoms with E-state index in [2.05, 4.69) is 15.6 Å². The first-order valence-electron chi connectivity index (χ1n) is 7.25. The van der Waals surface area contributed by atoms with Crippen LogP contribution in [0.2, 0.25) is 5.02 Å². The van der Waals surface area contributed by atoms with E-state index in [-0.39, 0.29) is 10.8 Å². The minimum Gasteiger partial charge on any atom is -0.354 e. The number of aromatic nitrogens is 1. The Bertz CT molecular complexity index is 916. The summed E-state index contributed by atoms with van der Waals surface area (Å²) in [6.45, 7) is 0. The molecule has 0 unspecified atom stereocenters. The number of hydrogen-bond donors (Lipinski definition) is 2. The van der Waals surface area contributed by atoms with E-state index in [1.807, 2.05) is 0 Å². The predicted octanol–water partition coefficient (Wildman–Crippen LogP) is 5.01. The van der Waals surface area contributed by atoms with Crippen LogP contribution < -0.4 is 10.6 Å². The maximum absolute atomic E-state index is 13.2. The summed E-state index contributed by atoms with van der Waals surface area (Å²) in [6, 6.07) is 11.3. The fourth-order valence-corrected chi connectivity index (χ4v) is 2.29.